The maximum absolute atomic E-state index is 13.5. The number of urea groups is 1. The lowest BCUT2D eigenvalue weighted by Crippen LogP contribution is -2.53. The normalized spacial score (nSPS) is 16.2. The van der Waals surface area contributed by atoms with Gasteiger partial charge in [-0.3, -0.25) is 38.5 Å². The zero-order valence-electron chi connectivity index (χ0n) is 27.4. The highest BCUT2D eigenvalue weighted by Gasteiger charge is 2.44. The van der Waals surface area contributed by atoms with Crippen molar-refractivity contribution >= 4 is 70.0 Å². The average Bonchev–Trinajstić information content (AvgIpc) is 3.21. The number of benzene rings is 1. The first kappa shape index (κ1) is 39.5. The van der Waals surface area contributed by atoms with Crippen LogP contribution in [0.1, 0.15) is 47.1 Å². The van der Waals surface area contributed by atoms with Gasteiger partial charge in [-0.05, 0) is 23.8 Å². The van der Waals surface area contributed by atoms with Crippen molar-refractivity contribution in [1.29, 1.82) is 0 Å². The number of carbonyl (C=O) groups is 8. The van der Waals surface area contributed by atoms with E-state index in [2.05, 4.69) is 10.4 Å². The molecule has 0 radical (unpaired) electrons. The van der Waals surface area contributed by atoms with E-state index in [0.717, 1.165) is 58.6 Å². The quantitative estimate of drug-likeness (QED) is 0.0668. The molecule has 19 nitrogen and oxygen atoms in total. The van der Waals surface area contributed by atoms with Crippen molar-refractivity contribution in [3.05, 3.63) is 35.5 Å². The summed E-state index contributed by atoms with van der Waals surface area (Å²) in [6.07, 6.45) is -5.44. The summed E-state index contributed by atoms with van der Waals surface area (Å²) in [7, 11) is -3.51. The second-order valence-corrected chi connectivity index (χ2v) is 11.9. The summed E-state index contributed by atoms with van der Waals surface area (Å²) in [6, 6.07) is 4.07. The fourth-order valence-electron chi connectivity index (χ4n) is 4.11. The minimum atomic E-state index is -4.78. The second-order valence-electron chi connectivity index (χ2n) is 10.1. The Hall–Kier alpha value is -5.66. The van der Waals surface area contributed by atoms with Crippen LogP contribution in [0.4, 0.5) is 4.79 Å². The molecule has 1 fully saturated rings. The number of rotatable bonds is 14. The van der Waals surface area contributed by atoms with E-state index in [1.165, 1.54) is 25.3 Å². The lowest BCUT2D eigenvalue weighted by molar-refractivity contribution is -0.197. The van der Waals surface area contributed by atoms with Crippen LogP contribution in [0.25, 0.3) is 6.08 Å². The number of esters is 5. The molecule has 0 aromatic heterocycles. The van der Waals surface area contributed by atoms with Crippen molar-refractivity contribution in [2.45, 2.75) is 70.9 Å². The lowest BCUT2D eigenvalue weighted by atomic mass is 10.0. The van der Waals surface area contributed by atoms with E-state index in [1.54, 1.807) is 0 Å². The van der Waals surface area contributed by atoms with Gasteiger partial charge in [-0.2, -0.15) is 13.5 Å². The van der Waals surface area contributed by atoms with Gasteiger partial charge in [0, 0.05) is 48.6 Å². The van der Waals surface area contributed by atoms with Crippen molar-refractivity contribution < 1.29 is 70.5 Å². The monoisotopic (exact) mass is 710 g/mol. The van der Waals surface area contributed by atoms with E-state index in [0.29, 0.717) is 11.8 Å². The first-order chi connectivity index (χ1) is 22.7. The molecule has 0 bridgehead atoms. The second kappa shape index (κ2) is 16.9. The van der Waals surface area contributed by atoms with Crippen LogP contribution in [-0.4, -0.2) is 110 Å². The zero-order valence-corrected chi connectivity index (χ0v) is 28.2. The Kier molecular flexibility index (Phi) is 13.7. The maximum atomic E-state index is 13.5. The summed E-state index contributed by atoms with van der Waals surface area (Å²) >= 11 is 0. The van der Waals surface area contributed by atoms with Gasteiger partial charge in [-0.15, -0.1) is 4.41 Å². The van der Waals surface area contributed by atoms with Crippen molar-refractivity contribution in [3.8, 4) is 0 Å². The summed E-state index contributed by atoms with van der Waals surface area (Å²) in [4.78, 5) is 96.6. The molecular formula is C29H34N4O15S. The molecule has 1 saturated heterocycles. The molecule has 0 saturated carbocycles. The highest BCUT2D eigenvalue weighted by atomic mass is 32.2. The molecule has 266 valence electrons. The molecule has 0 spiro atoms. The molecule has 1 N–H and O–H groups in total. The highest BCUT2D eigenvalue weighted by Crippen LogP contribution is 2.22. The first-order valence-corrected chi connectivity index (χ1v) is 15.5. The van der Waals surface area contributed by atoms with E-state index >= 15 is 0 Å². The van der Waals surface area contributed by atoms with E-state index in [-0.39, 0.29) is 10.1 Å². The molecule has 49 heavy (non-hydrogen) atoms. The number of likely N-dealkylation sites (N-methyl/N-ethyl adjacent to an activating group) is 1. The van der Waals surface area contributed by atoms with Gasteiger partial charge in [-0.1, -0.05) is 12.1 Å². The first-order valence-electron chi connectivity index (χ1n) is 14.1. The molecule has 1 heterocycles. The number of nitrogens with zero attached hydrogens (tertiary/aromatic N) is 3. The van der Waals surface area contributed by atoms with Crippen LogP contribution in [0, 0.1) is 0 Å². The van der Waals surface area contributed by atoms with E-state index in [1.807, 2.05) is 0 Å². The summed E-state index contributed by atoms with van der Waals surface area (Å²) in [6.45, 7) is 4.91. The van der Waals surface area contributed by atoms with Crippen molar-refractivity contribution in [1.82, 2.24) is 14.6 Å². The number of hydrazone groups is 1. The van der Waals surface area contributed by atoms with Crippen LogP contribution >= 0.6 is 0 Å². The number of nitrogens with one attached hydrogen (secondary N) is 1. The number of sulfonamides is 1. The molecule has 1 aromatic rings. The molecule has 4 atom stereocenters. The number of hydrogen-bond acceptors (Lipinski definition) is 16. The van der Waals surface area contributed by atoms with Crippen LogP contribution in [0.2, 0.25) is 0 Å². The third kappa shape index (κ3) is 11.2. The fourth-order valence-corrected chi connectivity index (χ4v) is 5.30. The lowest BCUT2D eigenvalue weighted by Gasteiger charge is -2.34. The number of imide groups is 1. The Bertz CT molecular complexity index is 1670. The molecule has 20 heteroatoms. The van der Waals surface area contributed by atoms with Gasteiger partial charge in [0.1, 0.15) is 12.3 Å². The van der Waals surface area contributed by atoms with Gasteiger partial charge < -0.3 is 29.0 Å². The molecule has 4 unspecified atom stereocenters. The van der Waals surface area contributed by atoms with Gasteiger partial charge in [0.15, 0.2) is 24.4 Å². The number of amides is 4. The summed E-state index contributed by atoms with van der Waals surface area (Å²) < 4.78 is 52.8. The van der Waals surface area contributed by atoms with E-state index < -0.39 is 93.6 Å². The number of hydrogen-bond donors (Lipinski definition) is 1. The molecule has 2 rings (SSSR count). The van der Waals surface area contributed by atoms with E-state index in [4.69, 9.17) is 23.7 Å². The van der Waals surface area contributed by atoms with Crippen LogP contribution in [-0.2, 0) is 67.3 Å². The summed E-state index contributed by atoms with van der Waals surface area (Å²) in [5, 5.41) is 6.05. The van der Waals surface area contributed by atoms with E-state index in [9.17, 15) is 46.8 Å². The van der Waals surface area contributed by atoms with Gasteiger partial charge in [0.2, 0.25) is 0 Å². The average molecular weight is 711 g/mol. The molecule has 4 amide bonds. The Balaban J connectivity index is 2.59. The molecule has 1 aliphatic heterocycles. The predicted octanol–water partition coefficient (Wildman–Crippen LogP) is 0.0220. The Morgan fingerprint density at radius 2 is 1.35 bits per heavy atom. The van der Waals surface area contributed by atoms with Crippen LogP contribution in [0.5, 0.6) is 0 Å². The Morgan fingerprint density at radius 1 is 0.816 bits per heavy atom. The third-order valence-electron chi connectivity index (χ3n) is 6.07. The fraction of sp³-hybridized carbons (Fsp3) is 0.414. The smallest absolute Gasteiger partial charge is 0.328 e. The van der Waals surface area contributed by atoms with Gasteiger partial charge >= 0.3 is 35.9 Å². The summed E-state index contributed by atoms with van der Waals surface area (Å²) in [5.41, 5.74) is 0.246. The summed E-state index contributed by atoms with van der Waals surface area (Å²) in [5.74, 6) is -6.65. The van der Waals surface area contributed by atoms with Crippen LogP contribution in [0.15, 0.2) is 40.0 Å². The SMILES string of the molecule is CC(=O)OCC(OC(C)=O)C(OC(C)=O)C(OC(C)=O)C(/C=N/N(C(C)=O)S(=O)(=O)c1ccc(/C=C2\NC(=O)N(C)C2=O)cc1)OC(C)=O. The molecular weight excluding hydrogens is 676 g/mol. The Morgan fingerprint density at radius 3 is 1.80 bits per heavy atom. The van der Waals surface area contributed by atoms with Crippen molar-refractivity contribution in [2.24, 2.45) is 5.10 Å². The van der Waals surface area contributed by atoms with Crippen LogP contribution in [0.3, 0.4) is 0 Å². The maximum Gasteiger partial charge on any atom is 0.328 e. The van der Waals surface area contributed by atoms with Crippen molar-refractivity contribution in [2.75, 3.05) is 13.7 Å². The minimum absolute atomic E-state index is 0.0285. The van der Waals surface area contributed by atoms with Gasteiger partial charge in [0.05, 0.1) is 11.1 Å². The van der Waals surface area contributed by atoms with Gasteiger partial charge in [0.25, 0.3) is 21.8 Å². The van der Waals surface area contributed by atoms with Crippen molar-refractivity contribution in [3.63, 3.8) is 0 Å². The standard InChI is InChI=1S/C29H34N4O15S/c1-15(34)33(49(42,43)22-10-8-21(9-11-22)12-23-28(40)32(7)29(41)31-23)30-13-24(45-17(3)36)26(47-19(5)38)27(48-20(6)39)25(46-18(4)37)14-44-16(2)35/h8-13,24-27H,14H2,1-7H3,(H,31,41)/b23-12-,30-13+. The molecule has 0 aliphatic carbocycles. The van der Waals surface area contributed by atoms with Crippen LogP contribution < -0.4 is 5.32 Å². The minimum Gasteiger partial charge on any atom is -0.462 e. The number of ether oxygens (including phenoxy) is 5. The third-order valence-corrected chi connectivity index (χ3v) is 7.75. The Labute approximate surface area is 280 Å². The predicted molar refractivity (Wildman–Crippen MR) is 163 cm³/mol. The van der Waals surface area contributed by atoms with Gasteiger partial charge in [-0.25, -0.2) is 4.79 Å². The molecule has 1 aliphatic rings. The molecule has 1 aromatic carbocycles. The zero-order chi connectivity index (χ0) is 37.2. The topological polar surface area (TPSA) is 248 Å². The number of carbonyl (C=O) groups excluding carboxylic acids is 8. The largest absolute Gasteiger partial charge is 0.462 e. The highest BCUT2D eigenvalue weighted by molar-refractivity contribution is 7.89.